The SMILES string of the molecule is NCCCc1ccc[nH]1. The fraction of sp³-hybridized carbons (Fsp3) is 0.429. The predicted molar refractivity (Wildman–Crippen MR) is 38.2 cm³/mol. The van der Waals surface area contributed by atoms with Gasteiger partial charge >= 0.3 is 0 Å². The topological polar surface area (TPSA) is 41.8 Å². The van der Waals surface area contributed by atoms with Crippen molar-refractivity contribution in [2.45, 2.75) is 12.8 Å². The lowest BCUT2D eigenvalue weighted by Gasteiger charge is -1.91. The molecule has 0 aromatic carbocycles. The van der Waals surface area contributed by atoms with E-state index in [0.717, 1.165) is 19.4 Å². The van der Waals surface area contributed by atoms with Gasteiger partial charge in [-0.15, -0.1) is 0 Å². The molecule has 1 rings (SSSR count). The second-order valence-corrected chi connectivity index (χ2v) is 2.09. The molecule has 1 aromatic rings. The maximum atomic E-state index is 5.33. The summed E-state index contributed by atoms with van der Waals surface area (Å²) in [6.07, 6.45) is 4.08. The number of nitrogens with two attached hydrogens (primary N) is 1. The third-order valence-electron chi connectivity index (χ3n) is 1.31. The second kappa shape index (κ2) is 3.30. The van der Waals surface area contributed by atoms with Crippen LogP contribution in [0, 0.1) is 0 Å². The molecule has 0 saturated carbocycles. The molecular weight excluding hydrogens is 112 g/mol. The minimum atomic E-state index is 0.777. The van der Waals surface area contributed by atoms with Gasteiger partial charge in [-0.1, -0.05) is 0 Å². The Kier molecular flexibility index (Phi) is 2.33. The van der Waals surface area contributed by atoms with Gasteiger partial charge in [0.2, 0.25) is 0 Å². The molecule has 0 aliphatic heterocycles. The maximum Gasteiger partial charge on any atom is 0.0147 e. The van der Waals surface area contributed by atoms with Crippen molar-refractivity contribution < 1.29 is 0 Å². The molecule has 1 heterocycles. The van der Waals surface area contributed by atoms with E-state index < -0.39 is 0 Å². The van der Waals surface area contributed by atoms with E-state index in [-0.39, 0.29) is 0 Å². The van der Waals surface area contributed by atoms with Gasteiger partial charge in [-0.05, 0) is 31.5 Å². The third kappa shape index (κ3) is 1.90. The molecule has 2 nitrogen and oxygen atoms in total. The van der Waals surface area contributed by atoms with Crippen molar-refractivity contribution in [2.24, 2.45) is 5.73 Å². The molecular formula is C7H12N2. The number of aromatic nitrogens is 1. The van der Waals surface area contributed by atoms with Crippen molar-refractivity contribution in [3.63, 3.8) is 0 Å². The molecule has 0 amide bonds. The standard InChI is InChI=1S/C7H12N2/c8-5-1-3-7-4-2-6-9-7/h2,4,6,9H,1,3,5,8H2. The molecule has 0 aliphatic rings. The molecule has 0 radical (unpaired) electrons. The Balaban J connectivity index is 2.30. The van der Waals surface area contributed by atoms with Crippen LogP contribution in [0.3, 0.4) is 0 Å². The minimum Gasteiger partial charge on any atom is -0.365 e. The third-order valence-corrected chi connectivity index (χ3v) is 1.31. The van der Waals surface area contributed by atoms with E-state index in [1.165, 1.54) is 5.69 Å². The second-order valence-electron chi connectivity index (χ2n) is 2.09. The van der Waals surface area contributed by atoms with E-state index in [9.17, 15) is 0 Å². The molecule has 50 valence electrons. The Morgan fingerprint density at radius 2 is 2.44 bits per heavy atom. The summed E-state index contributed by atoms with van der Waals surface area (Å²) in [5, 5.41) is 0. The Morgan fingerprint density at radius 3 is 3.00 bits per heavy atom. The summed E-state index contributed by atoms with van der Waals surface area (Å²) in [6, 6.07) is 4.08. The fourth-order valence-electron chi connectivity index (χ4n) is 0.816. The van der Waals surface area contributed by atoms with Gasteiger partial charge in [-0.25, -0.2) is 0 Å². The molecule has 3 N–H and O–H groups in total. The van der Waals surface area contributed by atoms with E-state index in [1.807, 2.05) is 12.3 Å². The van der Waals surface area contributed by atoms with Gasteiger partial charge in [-0.2, -0.15) is 0 Å². The summed E-state index contributed by atoms with van der Waals surface area (Å²) < 4.78 is 0. The van der Waals surface area contributed by atoms with Gasteiger partial charge < -0.3 is 10.7 Å². The zero-order valence-corrected chi connectivity index (χ0v) is 5.43. The summed E-state index contributed by atoms with van der Waals surface area (Å²) in [4.78, 5) is 3.12. The van der Waals surface area contributed by atoms with Crippen molar-refractivity contribution in [2.75, 3.05) is 6.54 Å². The van der Waals surface area contributed by atoms with Crippen LogP contribution in [-0.2, 0) is 6.42 Å². The number of aryl methyl sites for hydroxylation is 1. The number of H-pyrrole nitrogens is 1. The number of rotatable bonds is 3. The lowest BCUT2D eigenvalue weighted by molar-refractivity contribution is 0.816. The van der Waals surface area contributed by atoms with Crippen molar-refractivity contribution in [3.8, 4) is 0 Å². The molecule has 0 saturated heterocycles. The maximum absolute atomic E-state index is 5.33. The fourth-order valence-corrected chi connectivity index (χ4v) is 0.816. The number of nitrogens with one attached hydrogen (secondary N) is 1. The smallest absolute Gasteiger partial charge is 0.0147 e. The molecule has 0 atom stereocenters. The Morgan fingerprint density at radius 1 is 1.56 bits per heavy atom. The van der Waals surface area contributed by atoms with Crippen LogP contribution >= 0.6 is 0 Å². The first-order valence-electron chi connectivity index (χ1n) is 3.26. The first-order valence-corrected chi connectivity index (χ1v) is 3.26. The van der Waals surface area contributed by atoms with E-state index in [2.05, 4.69) is 11.1 Å². The highest BCUT2D eigenvalue weighted by molar-refractivity contribution is 5.03. The number of aromatic amines is 1. The first-order chi connectivity index (χ1) is 4.43. The average Bonchev–Trinajstić information content (AvgIpc) is 2.34. The van der Waals surface area contributed by atoms with Crippen LogP contribution in [0.4, 0.5) is 0 Å². The molecule has 1 aromatic heterocycles. The summed E-state index contributed by atoms with van der Waals surface area (Å²) in [5.74, 6) is 0. The van der Waals surface area contributed by atoms with Crippen LogP contribution < -0.4 is 5.73 Å². The number of hydrogen-bond donors (Lipinski definition) is 2. The van der Waals surface area contributed by atoms with Crippen LogP contribution in [0.2, 0.25) is 0 Å². The van der Waals surface area contributed by atoms with E-state index >= 15 is 0 Å². The largest absolute Gasteiger partial charge is 0.365 e. The zero-order chi connectivity index (χ0) is 6.53. The molecule has 0 bridgehead atoms. The van der Waals surface area contributed by atoms with Crippen LogP contribution in [0.15, 0.2) is 18.3 Å². The first kappa shape index (κ1) is 6.36. The normalized spacial score (nSPS) is 9.89. The highest BCUT2D eigenvalue weighted by Crippen LogP contribution is 1.96. The zero-order valence-electron chi connectivity index (χ0n) is 5.43. The van der Waals surface area contributed by atoms with Crippen LogP contribution in [-0.4, -0.2) is 11.5 Å². The molecule has 9 heavy (non-hydrogen) atoms. The molecule has 0 aliphatic carbocycles. The summed E-state index contributed by atoms with van der Waals surface area (Å²) in [6.45, 7) is 0.777. The molecule has 0 fully saturated rings. The van der Waals surface area contributed by atoms with Crippen molar-refractivity contribution in [1.29, 1.82) is 0 Å². The van der Waals surface area contributed by atoms with Crippen LogP contribution in [0.25, 0.3) is 0 Å². The van der Waals surface area contributed by atoms with Crippen molar-refractivity contribution >= 4 is 0 Å². The molecule has 0 spiro atoms. The van der Waals surface area contributed by atoms with Crippen molar-refractivity contribution in [1.82, 2.24) is 4.98 Å². The Bertz CT molecular complexity index is 144. The Hall–Kier alpha value is -0.760. The van der Waals surface area contributed by atoms with Gasteiger partial charge in [0.15, 0.2) is 0 Å². The lowest BCUT2D eigenvalue weighted by atomic mass is 10.2. The highest BCUT2D eigenvalue weighted by atomic mass is 14.7. The van der Waals surface area contributed by atoms with Crippen LogP contribution in [0.5, 0.6) is 0 Å². The quantitative estimate of drug-likeness (QED) is 0.617. The van der Waals surface area contributed by atoms with E-state index in [4.69, 9.17) is 5.73 Å². The van der Waals surface area contributed by atoms with Crippen LogP contribution in [0.1, 0.15) is 12.1 Å². The van der Waals surface area contributed by atoms with Gasteiger partial charge in [0.1, 0.15) is 0 Å². The number of hydrogen-bond acceptors (Lipinski definition) is 1. The predicted octanol–water partition coefficient (Wildman–Crippen LogP) is 0.906. The highest BCUT2D eigenvalue weighted by Gasteiger charge is 1.88. The summed E-state index contributed by atoms with van der Waals surface area (Å²) in [5.41, 5.74) is 6.61. The van der Waals surface area contributed by atoms with Crippen molar-refractivity contribution in [3.05, 3.63) is 24.0 Å². The Labute approximate surface area is 55.1 Å². The van der Waals surface area contributed by atoms with Gasteiger partial charge in [0, 0.05) is 11.9 Å². The minimum absolute atomic E-state index is 0.777. The van der Waals surface area contributed by atoms with E-state index in [0.29, 0.717) is 0 Å². The molecule has 2 heteroatoms. The van der Waals surface area contributed by atoms with Gasteiger partial charge in [-0.3, -0.25) is 0 Å². The summed E-state index contributed by atoms with van der Waals surface area (Å²) >= 11 is 0. The van der Waals surface area contributed by atoms with Gasteiger partial charge in [0.05, 0.1) is 0 Å². The lowest BCUT2D eigenvalue weighted by Crippen LogP contribution is -2.00. The monoisotopic (exact) mass is 124 g/mol. The molecule has 0 unspecified atom stereocenters. The van der Waals surface area contributed by atoms with E-state index in [1.54, 1.807) is 0 Å². The van der Waals surface area contributed by atoms with Gasteiger partial charge in [0.25, 0.3) is 0 Å². The summed E-state index contributed by atoms with van der Waals surface area (Å²) in [7, 11) is 0. The average molecular weight is 124 g/mol.